The van der Waals surface area contributed by atoms with Crippen molar-refractivity contribution in [3.05, 3.63) is 58.6 Å². The van der Waals surface area contributed by atoms with Gasteiger partial charge in [0, 0.05) is 10.7 Å². The van der Waals surface area contributed by atoms with Gasteiger partial charge in [-0.3, -0.25) is 10.2 Å². The van der Waals surface area contributed by atoms with Gasteiger partial charge in [-0.05, 0) is 35.9 Å². The van der Waals surface area contributed by atoms with Crippen LogP contribution in [0.2, 0.25) is 5.02 Å². The van der Waals surface area contributed by atoms with E-state index in [1.54, 1.807) is 24.3 Å². The summed E-state index contributed by atoms with van der Waals surface area (Å²) in [7, 11) is 0. The number of hydrazine groups is 1. The van der Waals surface area contributed by atoms with Gasteiger partial charge in [0.15, 0.2) is 0 Å². The van der Waals surface area contributed by atoms with Crippen molar-refractivity contribution >= 4 is 23.2 Å². The smallest absolute Gasteiger partial charge is 0.269 e. The third-order valence-corrected chi connectivity index (χ3v) is 2.90. The minimum atomic E-state index is -0.460. The molecule has 2 aromatic carbocycles. The number of hydrogen-bond acceptors (Lipinski definition) is 4. The Morgan fingerprint density at radius 1 is 1.25 bits per heavy atom. The molecule has 104 valence electrons. The maximum Gasteiger partial charge on any atom is 0.269 e. The van der Waals surface area contributed by atoms with Gasteiger partial charge in [0.2, 0.25) is 0 Å². The minimum Gasteiger partial charge on any atom is -0.488 e. The monoisotopic (exact) mass is 291 g/mol. The highest BCUT2D eigenvalue weighted by atomic mass is 35.5. The number of hydrogen-bond donors (Lipinski definition) is 3. The standard InChI is InChI=1S/C14H14ClN3O2/c15-10-3-1-2-9(6-10)8-20-13-5-4-11(16)7-12(13)14(19)18-17/h1-7H,8,16-17H2,(H,18,19). The molecule has 0 aliphatic heterocycles. The van der Waals surface area contributed by atoms with E-state index in [0.29, 0.717) is 16.5 Å². The summed E-state index contributed by atoms with van der Waals surface area (Å²) in [5.41, 5.74) is 9.35. The van der Waals surface area contributed by atoms with Crippen LogP contribution in [0, 0.1) is 0 Å². The zero-order valence-electron chi connectivity index (χ0n) is 10.6. The van der Waals surface area contributed by atoms with Crippen LogP contribution >= 0.6 is 11.6 Å². The van der Waals surface area contributed by atoms with Gasteiger partial charge in [0.05, 0.1) is 5.56 Å². The highest BCUT2D eigenvalue weighted by molar-refractivity contribution is 6.30. The molecule has 2 rings (SSSR count). The number of carbonyl (C=O) groups excluding carboxylic acids is 1. The number of amides is 1. The summed E-state index contributed by atoms with van der Waals surface area (Å²) in [5, 5.41) is 0.628. The molecule has 0 saturated heterocycles. The largest absolute Gasteiger partial charge is 0.488 e. The number of anilines is 1. The predicted octanol–water partition coefficient (Wildman–Crippen LogP) is 2.10. The number of ether oxygens (including phenoxy) is 1. The lowest BCUT2D eigenvalue weighted by Gasteiger charge is -2.11. The lowest BCUT2D eigenvalue weighted by Crippen LogP contribution is -2.30. The molecular formula is C14H14ClN3O2. The highest BCUT2D eigenvalue weighted by Gasteiger charge is 2.12. The van der Waals surface area contributed by atoms with Crippen molar-refractivity contribution in [1.29, 1.82) is 0 Å². The van der Waals surface area contributed by atoms with Gasteiger partial charge in [0.25, 0.3) is 5.91 Å². The van der Waals surface area contributed by atoms with E-state index in [0.717, 1.165) is 5.56 Å². The molecular weight excluding hydrogens is 278 g/mol. The Hall–Kier alpha value is -2.24. The average molecular weight is 292 g/mol. The molecule has 0 heterocycles. The first-order valence-corrected chi connectivity index (χ1v) is 6.25. The quantitative estimate of drug-likeness (QED) is 0.348. The Kier molecular flexibility index (Phi) is 4.45. The second kappa shape index (κ2) is 6.27. The number of halogens is 1. The molecule has 0 aromatic heterocycles. The van der Waals surface area contributed by atoms with E-state index >= 15 is 0 Å². The van der Waals surface area contributed by atoms with Crippen LogP contribution in [-0.4, -0.2) is 5.91 Å². The fourth-order valence-corrected chi connectivity index (χ4v) is 1.93. The third-order valence-electron chi connectivity index (χ3n) is 2.66. The SMILES string of the molecule is NNC(=O)c1cc(N)ccc1OCc1cccc(Cl)c1. The second-order valence-corrected chi connectivity index (χ2v) is 4.58. The molecule has 0 spiro atoms. The fraction of sp³-hybridized carbons (Fsp3) is 0.0714. The van der Waals surface area contributed by atoms with E-state index in [2.05, 4.69) is 5.43 Å². The molecule has 1 amide bonds. The Bertz CT molecular complexity index is 632. The van der Waals surface area contributed by atoms with Crippen molar-refractivity contribution in [3.8, 4) is 5.75 Å². The van der Waals surface area contributed by atoms with E-state index in [1.807, 2.05) is 12.1 Å². The molecule has 0 aliphatic rings. The predicted molar refractivity (Wildman–Crippen MR) is 78.3 cm³/mol. The Balaban J connectivity index is 2.19. The molecule has 0 atom stereocenters. The third kappa shape index (κ3) is 3.40. The van der Waals surface area contributed by atoms with Crippen LogP contribution < -0.4 is 21.7 Å². The van der Waals surface area contributed by atoms with E-state index in [9.17, 15) is 4.79 Å². The first kappa shape index (κ1) is 14.2. The summed E-state index contributed by atoms with van der Waals surface area (Å²) in [6.45, 7) is 0.287. The lowest BCUT2D eigenvalue weighted by molar-refractivity contribution is 0.0949. The molecule has 0 bridgehead atoms. The van der Waals surface area contributed by atoms with Crippen LogP contribution in [0.5, 0.6) is 5.75 Å². The number of nitrogen functional groups attached to an aromatic ring is 2. The van der Waals surface area contributed by atoms with Crippen LogP contribution in [0.3, 0.4) is 0 Å². The summed E-state index contributed by atoms with van der Waals surface area (Å²) in [6.07, 6.45) is 0. The Morgan fingerprint density at radius 2 is 2.05 bits per heavy atom. The molecule has 0 aliphatic carbocycles. The molecule has 0 radical (unpaired) electrons. The molecule has 0 fully saturated rings. The van der Waals surface area contributed by atoms with Crippen LogP contribution in [0.4, 0.5) is 5.69 Å². The van der Waals surface area contributed by atoms with Gasteiger partial charge < -0.3 is 10.5 Å². The topological polar surface area (TPSA) is 90.4 Å². The summed E-state index contributed by atoms with van der Waals surface area (Å²) >= 11 is 5.90. The van der Waals surface area contributed by atoms with Crippen LogP contribution in [-0.2, 0) is 6.61 Å². The molecule has 20 heavy (non-hydrogen) atoms. The molecule has 5 nitrogen and oxygen atoms in total. The van der Waals surface area contributed by atoms with Gasteiger partial charge in [-0.25, -0.2) is 5.84 Å². The van der Waals surface area contributed by atoms with Crippen molar-refractivity contribution in [1.82, 2.24) is 5.43 Å². The minimum absolute atomic E-state index is 0.287. The van der Waals surface area contributed by atoms with E-state index in [4.69, 9.17) is 27.9 Å². The van der Waals surface area contributed by atoms with Crippen molar-refractivity contribution in [3.63, 3.8) is 0 Å². The van der Waals surface area contributed by atoms with Crippen molar-refractivity contribution in [2.75, 3.05) is 5.73 Å². The second-order valence-electron chi connectivity index (χ2n) is 4.15. The Labute approximate surface area is 121 Å². The molecule has 2 aromatic rings. The van der Waals surface area contributed by atoms with Crippen molar-refractivity contribution in [2.45, 2.75) is 6.61 Å². The highest BCUT2D eigenvalue weighted by Crippen LogP contribution is 2.23. The van der Waals surface area contributed by atoms with Crippen LogP contribution in [0.25, 0.3) is 0 Å². The summed E-state index contributed by atoms with van der Waals surface area (Å²) in [5.74, 6) is 5.08. The van der Waals surface area contributed by atoms with Gasteiger partial charge in [0.1, 0.15) is 12.4 Å². The van der Waals surface area contributed by atoms with Gasteiger partial charge in [-0.15, -0.1) is 0 Å². The van der Waals surface area contributed by atoms with Crippen LogP contribution in [0.1, 0.15) is 15.9 Å². The normalized spacial score (nSPS) is 10.1. The van der Waals surface area contributed by atoms with Gasteiger partial charge >= 0.3 is 0 Å². The van der Waals surface area contributed by atoms with Gasteiger partial charge in [-0.1, -0.05) is 23.7 Å². The van der Waals surface area contributed by atoms with Crippen molar-refractivity contribution < 1.29 is 9.53 Å². The number of benzene rings is 2. The number of carbonyl (C=O) groups is 1. The van der Waals surface area contributed by atoms with Crippen LogP contribution in [0.15, 0.2) is 42.5 Å². The molecule has 5 N–H and O–H groups in total. The summed E-state index contributed by atoms with van der Waals surface area (Å²) in [4.78, 5) is 11.7. The summed E-state index contributed by atoms with van der Waals surface area (Å²) < 4.78 is 5.63. The first-order chi connectivity index (χ1) is 9.60. The number of nitrogens with two attached hydrogens (primary N) is 2. The zero-order chi connectivity index (χ0) is 14.5. The average Bonchev–Trinajstić information content (AvgIpc) is 2.45. The van der Waals surface area contributed by atoms with E-state index in [1.165, 1.54) is 6.07 Å². The van der Waals surface area contributed by atoms with E-state index < -0.39 is 5.91 Å². The maximum atomic E-state index is 11.7. The van der Waals surface area contributed by atoms with Crippen molar-refractivity contribution in [2.24, 2.45) is 5.84 Å². The van der Waals surface area contributed by atoms with E-state index in [-0.39, 0.29) is 12.2 Å². The number of nitrogens with one attached hydrogen (secondary N) is 1. The molecule has 0 unspecified atom stereocenters. The molecule has 0 saturated carbocycles. The molecule has 6 heteroatoms. The maximum absolute atomic E-state index is 11.7. The first-order valence-electron chi connectivity index (χ1n) is 5.88. The summed E-state index contributed by atoms with van der Waals surface area (Å²) in [6, 6.07) is 12.1. The lowest BCUT2D eigenvalue weighted by atomic mass is 10.1. The number of rotatable bonds is 4. The fourth-order valence-electron chi connectivity index (χ4n) is 1.72. The zero-order valence-corrected chi connectivity index (χ0v) is 11.4. The Morgan fingerprint density at radius 3 is 2.75 bits per heavy atom. The van der Waals surface area contributed by atoms with Gasteiger partial charge in [-0.2, -0.15) is 0 Å².